The second-order valence-electron chi connectivity index (χ2n) is 17.2. The second kappa shape index (κ2) is 13.6. The topological polar surface area (TPSA) is 136 Å². The van der Waals surface area contributed by atoms with Gasteiger partial charge in [-0.15, -0.1) is 0 Å². The van der Waals surface area contributed by atoms with E-state index >= 15 is 0 Å². The zero-order valence-electron chi connectivity index (χ0n) is 31.9. The minimum atomic E-state index is -0.900. The molecule has 11 atom stereocenters. The number of carbonyl (C=O) groups excluding carboxylic acids is 4. The Bertz CT molecular complexity index is 1380. The lowest BCUT2D eigenvalue weighted by molar-refractivity contribution is -0.249. The van der Waals surface area contributed by atoms with Crippen LogP contribution in [-0.4, -0.2) is 94.4 Å². The lowest BCUT2D eigenvalue weighted by Gasteiger charge is -2.69. The first-order valence-electron chi connectivity index (χ1n) is 18.3. The first kappa shape index (κ1) is 38.9. The molecule has 0 N–H and O–H groups in total. The first-order chi connectivity index (χ1) is 23.3. The molecule has 11 heteroatoms. The van der Waals surface area contributed by atoms with E-state index in [4.69, 9.17) is 33.2 Å². The van der Waals surface area contributed by atoms with Crippen LogP contribution in [0.4, 0.5) is 0 Å². The normalized spacial score (nSPS) is 39.8. The van der Waals surface area contributed by atoms with E-state index in [1.165, 1.54) is 21.3 Å². The number of rotatable bonds is 14. The van der Waals surface area contributed by atoms with Gasteiger partial charge in [0.15, 0.2) is 6.10 Å². The van der Waals surface area contributed by atoms with Gasteiger partial charge in [-0.3, -0.25) is 4.79 Å². The van der Waals surface area contributed by atoms with Crippen molar-refractivity contribution in [2.75, 3.05) is 41.2 Å². The lowest BCUT2D eigenvalue weighted by atomic mass is 9.34. The molecular formula is C39H60O11. The maximum atomic E-state index is 13.3. The van der Waals surface area contributed by atoms with Crippen molar-refractivity contribution in [2.24, 2.45) is 39.4 Å². The summed E-state index contributed by atoms with van der Waals surface area (Å²) < 4.78 is 40.5. The van der Waals surface area contributed by atoms with Crippen molar-refractivity contribution < 1.29 is 52.3 Å². The summed E-state index contributed by atoms with van der Waals surface area (Å²) in [6.07, 6.45) is 3.50. The molecule has 4 aliphatic carbocycles. The van der Waals surface area contributed by atoms with Crippen LogP contribution >= 0.6 is 0 Å². The third-order valence-electron chi connectivity index (χ3n) is 14.4. The zero-order valence-corrected chi connectivity index (χ0v) is 31.9. The molecule has 5 fully saturated rings. The third kappa shape index (κ3) is 5.77. The van der Waals surface area contributed by atoms with Crippen molar-refractivity contribution in [2.45, 2.75) is 129 Å². The van der Waals surface area contributed by atoms with Crippen LogP contribution in [0.15, 0.2) is 12.2 Å². The highest BCUT2D eigenvalue weighted by Crippen LogP contribution is 2.84. The Morgan fingerprint density at radius 3 is 2.08 bits per heavy atom. The standard InChI is InChI=1S/C39H60O11/c1-23(2)32(49-31(43)22-46-11)25(47-29(41)20-44-9)18-24(3)38-17-16-37(8)36(7)15-12-27-34(4,5)28(40)13-14-35(27,6)33(36)26(19-39(37,38)50-38)48-30(42)21-45-10/h24-27,32-33H,1,12-22H2,2-11H3/t24-,25+,26+,27+,32+,33+,35+,36+,37-,38-,39-/m1/s1. The average molecular weight is 705 g/mol. The molecule has 5 rings (SSSR count). The van der Waals surface area contributed by atoms with Gasteiger partial charge in [0.1, 0.15) is 49.0 Å². The number of Topliss-reactive ketones (excluding diaryl/α,β-unsaturated/α-hetero) is 1. The highest BCUT2D eigenvalue weighted by molar-refractivity contribution is 5.85. The highest BCUT2D eigenvalue weighted by Gasteiger charge is 2.89. The number of fused-ring (bicyclic) bond motifs is 4. The summed E-state index contributed by atoms with van der Waals surface area (Å²) in [6, 6.07) is 0. The zero-order chi connectivity index (χ0) is 37.1. The summed E-state index contributed by atoms with van der Waals surface area (Å²) in [5.41, 5.74) is -1.85. The summed E-state index contributed by atoms with van der Waals surface area (Å²) in [6.45, 7) is 18.6. The molecule has 0 aromatic carbocycles. The van der Waals surface area contributed by atoms with Gasteiger partial charge in [0.2, 0.25) is 0 Å². The van der Waals surface area contributed by atoms with E-state index in [2.05, 4.69) is 48.1 Å². The van der Waals surface area contributed by atoms with Crippen molar-refractivity contribution >= 4 is 23.7 Å². The molecule has 0 aromatic heterocycles. The Morgan fingerprint density at radius 1 is 0.880 bits per heavy atom. The Morgan fingerprint density at radius 2 is 1.48 bits per heavy atom. The fourth-order valence-electron chi connectivity index (χ4n) is 12.1. The van der Waals surface area contributed by atoms with E-state index in [0.717, 1.165) is 32.1 Å². The predicted molar refractivity (Wildman–Crippen MR) is 183 cm³/mol. The summed E-state index contributed by atoms with van der Waals surface area (Å²) in [4.78, 5) is 52.0. The summed E-state index contributed by atoms with van der Waals surface area (Å²) >= 11 is 0. The molecule has 0 amide bonds. The number of ketones is 1. The fourth-order valence-corrected chi connectivity index (χ4v) is 12.1. The van der Waals surface area contributed by atoms with E-state index in [9.17, 15) is 19.2 Å². The van der Waals surface area contributed by atoms with Gasteiger partial charge in [0, 0.05) is 50.9 Å². The molecule has 5 aliphatic rings. The van der Waals surface area contributed by atoms with Crippen LogP contribution in [0, 0.1) is 39.4 Å². The van der Waals surface area contributed by atoms with Crippen LogP contribution in [0.1, 0.15) is 99.8 Å². The Kier molecular flexibility index (Phi) is 10.6. The van der Waals surface area contributed by atoms with Crippen molar-refractivity contribution in [3.8, 4) is 0 Å². The smallest absolute Gasteiger partial charge is 0.332 e. The first-order valence-corrected chi connectivity index (χ1v) is 18.3. The predicted octanol–water partition coefficient (Wildman–Crippen LogP) is 5.40. The molecule has 282 valence electrons. The molecule has 1 spiro atoms. The van der Waals surface area contributed by atoms with Crippen molar-refractivity contribution in [3.05, 3.63) is 12.2 Å². The van der Waals surface area contributed by atoms with Crippen molar-refractivity contribution in [1.82, 2.24) is 0 Å². The van der Waals surface area contributed by atoms with Crippen LogP contribution in [-0.2, 0) is 52.3 Å². The third-order valence-corrected chi connectivity index (χ3v) is 14.4. The Hall–Kier alpha value is -2.34. The van der Waals surface area contributed by atoms with Crippen LogP contribution in [0.3, 0.4) is 0 Å². The van der Waals surface area contributed by atoms with E-state index in [1.54, 1.807) is 6.92 Å². The molecule has 0 bridgehead atoms. The number of hydrogen-bond donors (Lipinski definition) is 0. The molecule has 11 nitrogen and oxygen atoms in total. The largest absolute Gasteiger partial charge is 0.460 e. The summed E-state index contributed by atoms with van der Waals surface area (Å²) in [5, 5.41) is 0. The molecule has 0 unspecified atom stereocenters. The minimum Gasteiger partial charge on any atom is -0.460 e. The lowest BCUT2D eigenvalue weighted by Crippen LogP contribution is -2.69. The Balaban J connectivity index is 1.52. The van der Waals surface area contributed by atoms with E-state index in [1.807, 2.05) is 0 Å². The van der Waals surface area contributed by atoms with Crippen LogP contribution in [0.25, 0.3) is 0 Å². The van der Waals surface area contributed by atoms with E-state index in [0.29, 0.717) is 30.6 Å². The quantitative estimate of drug-likeness (QED) is 0.0995. The number of esters is 3. The molecule has 1 aliphatic heterocycles. The number of methoxy groups -OCH3 is 3. The van der Waals surface area contributed by atoms with Gasteiger partial charge >= 0.3 is 17.9 Å². The van der Waals surface area contributed by atoms with Gasteiger partial charge < -0.3 is 33.2 Å². The van der Waals surface area contributed by atoms with Gasteiger partial charge in [0.05, 0.1) is 0 Å². The summed E-state index contributed by atoms with van der Waals surface area (Å²) in [5.74, 6) is -1.20. The SMILES string of the molecule is C=C(C)[C@H](OC(=O)COC)[C@H](C[C@@H](C)[C@]12CC[C@@]3(C)[C@@]1(C[C@H](OC(=O)COC)[C@H]1[C@@]4(C)CCC(=O)C(C)(C)[C@@H]4CC[C@@]13C)O2)OC(=O)COC. The number of ether oxygens (including phenoxy) is 7. The maximum absolute atomic E-state index is 13.3. The summed E-state index contributed by atoms with van der Waals surface area (Å²) in [7, 11) is 4.32. The Labute approximate surface area is 297 Å². The van der Waals surface area contributed by atoms with Gasteiger partial charge in [0.25, 0.3) is 0 Å². The number of hydrogen-bond acceptors (Lipinski definition) is 11. The molecule has 1 heterocycles. The highest BCUT2D eigenvalue weighted by atomic mass is 16.6. The molecule has 0 aromatic rings. The van der Waals surface area contributed by atoms with Gasteiger partial charge in [-0.1, -0.05) is 48.1 Å². The van der Waals surface area contributed by atoms with Crippen LogP contribution in [0.5, 0.6) is 0 Å². The van der Waals surface area contributed by atoms with Crippen molar-refractivity contribution in [3.63, 3.8) is 0 Å². The van der Waals surface area contributed by atoms with E-state index < -0.39 is 52.8 Å². The average Bonchev–Trinajstić information content (AvgIpc) is 3.61. The fraction of sp³-hybridized carbons (Fsp3) is 0.846. The molecule has 4 saturated carbocycles. The second-order valence-corrected chi connectivity index (χ2v) is 17.2. The maximum Gasteiger partial charge on any atom is 0.332 e. The molecule has 50 heavy (non-hydrogen) atoms. The molecular weight excluding hydrogens is 644 g/mol. The van der Waals surface area contributed by atoms with Crippen LogP contribution in [0.2, 0.25) is 0 Å². The van der Waals surface area contributed by atoms with Crippen molar-refractivity contribution in [1.29, 1.82) is 0 Å². The van der Waals surface area contributed by atoms with Crippen LogP contribution < -0.4 is 0 Å². The molecule has 1 saturated heterocycles. The number of epoxide rings is 1. The van der Waals surface area contributed by atoms with Gasteiger partial charge in [-0.2, -0.15) is 0 Å². The minimum absolute atomic E-state index is 0.0172. The monoisotopic (exact) mass is 704 g/mol. The molecule has 0 radical (unpaired) electrons. The van der Waals surface area contributed by atoms with Gasteiger partial charge in [-0.25, -0.2) is 14.4 Å². The van der Waals surface area contributed by atoms with E-state index in [-0.39, 0.29) is 53.8 Å². The number of carbonyl (C=O) groups is 4. The van der Waals surface area contributed by atoms with Gasteiger partial charge in [-0.05, 0) is 73.7 Å².